The number of nitrogens with one attached hydrogen (secondary N) is 1. The molecule has 1 aromatic rings. The lowest BCUT2D eigenvalue weighted by Crippen LogP contribution is -2.38. The predicted molar refractivity (Wildman–Crippen MR) is 51.7 cm³/mol. The van der Waals surface area contributed by atoms with Crippen LogP contribution in [0.2, 0.25) is 0 Å². The molecular formula is C8H15N5O. The van der Waals surface area contributed by atoms with Crippen LogP contribution in [0.1, 0.15) is 6.92 Å². The Morgan fingerprint density at radius 3 is 3.00 bits per heavy atom. The molecule has 1 rings (SSSR count). The Morgan fingerprint density at radius 2 is 2.43 bits per heavy atom. The lowest BCUT2D eigenvalue weighted by Gasteiger charge is -2.15. The van der Waals surface area contributed by atoms with E-state index in [1.165, 1.54) is 0 Å². The molecule has 0 atom stereocenters. The second kappa shape index (κ2) is 5.21. The first-order chi connectivity index (χ1) is 6.74. The van der Waals surface area contributed by atoms with Crippen molar-refractivity contribution in [2.24, 2.45) is 0 Å². The van der Waals surface area contributed by atoms with Gasteiger partial charge in [0.2, 0.25) is 0 Å². The summed E-state index contributed by atoms with van der Waals surface area (Å²) in [5.74, 6) is 0. The van der Waals surface area contributed by atoms with Crippen molar-refractivity contribution >= 4 is 6.03 Å². The summed E-state index contributed by atoms with van der Waals surface area (Å²) in [4.78, 5) is 12.9. The number of aromatic nitrogens is 3. The van der Waals surface area contributed by atoms with Gasteiger partial charge in [-0.05, 0) is 6.92 Å². The highest BCUT2D eigenvalue weighted by Crippen LogP contribution is 1.83. The summed E-state index contributed by atoms with van der Waals surface area (Å²) in [5, 5.41) is 10.2. The molecule has 0 aliphatic carbocycles. The van der Waals surface area contributed by atoms with Crippen molar-refractivity contribution in [3.63, 3.8) is 0 Å². The normalized spacial score (nSPS) is 9.86. The summed E-state index contributed by atoms with van der Waals surface area (Å²) in [6, 6.07) is -0.0624. The highest BCUT2D eigenvalue weighted by Gasteiger charge is 2.03. The summed E-state index contributed by atoms with van der Waals surface area (Å²) in [7, 11) is 1.75. The molecule has 0 unspecified atom stereocenters. The average Bonchev–Trinajstić information content (AvgIpc) is 2.69. The van der Waals surface area contributed by atoms with Crippen molar-refractivity contribution in [2.45, 2.75) is 13.5 Å². The second-order valence-corrected chi connectivity index (χ2v) is 2.91. The van der Waals surface area contributed by atoms with Crippen LogP contribution in [-0.2, 0) is 6.54 Å². The van der Waals surface area contributed by atoms with E-state index in [-0.39, 0.29) is 6.03 Å². The molecule has 2 amide bonds. The third-order valence-electron chi connectivity index (χ3n) is 1.91. The van der Waals surface area contributed by atoms with E-state index in [4.69, 9.17) is 0 Å². The molecular weight excluding hydrogens is 182 g/mol. The van der Waals surface area contributed by atoms with Crippen molar-refractivity contribution in [3.05, 3.63) is 12.4 Å². The van der Waals surface area contributed by atoms with Crippen LogP contribution in [0.5, 0.6) is 0 Å². The van der Waals surface area contributed by atoms with Crippen LogP contribution < -0.4 is 5.32 Å². The molecule has 0 aliphatic heterocycles. The molecule has 0 saturated carbocycles. The van der Waals surface area contributed by atoms with Crippen LogP contribution in [0.25, 0.3) is 0 Å². The molecule has 0 radical (unpaired) electrons. The zero-order valence-electron chi connectivity index (χ0n) is 8.47. The fourth-order valence-electron chi connectivity index (χ4n) is 0.908. The SMILES string of the molecule is CCN(C)C(=O)NCCn1ccnn1. The van der Waals surface area contributed by atoms with Gasteiger partial charge in [0, 0.05) is 26.3 Å². The molecule has 0 aliphatic rings. The Balaban J connectivity index is 2.18. The van der Waals surface area contributed by atoms with Gasteiger partial charge in [-0.1, -0.05) is 5.21 Å². The third kappa shape index (κ3) is 3.04. The first-order valence-electron chi connectivity index (χ1n) is 4.57. The quantitative estimate of drug-likeness (QED) is 0.735. The van der Waals surface area contributed by atoms with Gasteiger partial charge in [-0.2, -0.15) is 0 Å². The minimum absolute atomic E-state index is 0.0624. The molecule has 1 heterocycles. The summed E-state index contributed by atoms with van der Waals surface area (Å²) >= 11 is 0. The third-order valence-corrected chi connectivity index (χ3v) is 1.91. The highest BCUT2D eigenvalue weighted by atomic mass is 16.2. The van der Waals surface area contributed by atoms with Gasteiger partial charge in [-0.25, -0.2) is 4.79 Å². The zero-order chi connectivity index (χ0) is 10.4. The second-order valence-electron chi connectivity index (χ2n) is 2.91. The first kappa shape index (κ1) is 10.5. The lowest BCUT2D eigenvalue weighted by molar-refractivity contribution is 0.210. The Labute approximate surface area is 82.9 Å². The molecule has 14 heavy (non-hydrogen) atoms. The largest absolute Gasteiger partial charge is 0.336 e. The summed E-state index contributed by atoms with van der Waals surface area (Å²) in [5.41, 5.74) is 0. The molecule has 0 saturated heterocycles. The van der Waals surface area contributed by atoms with Crippen LogP contribution in [-0.4, -0.2) is 46.1 Å². The predicted octanol–water partition coefficient (Wildman–Crippen LogP) is -0.0606. The van der Waals surface area contributed by atoms with Gasteiger partial charge in [0.05, 0.1) is 12.7 Å². The van der Waals surface area contributed by atoms with Gasteiger partial charge in [0.25, 0.3) is 0 Å². The van der Waals surface area contributed by atoms with Crippen LogP contribution in [0.3, 0.4) is 0 Å². The molecule has 0 bridgehead atoms. The van der Waals surface area contributed by atoms with E-state index in [9.17, 15) is 4.79 Å². The Hall–Kier alpha value is -1.59. The molecule has 78 valence electrons. The topological polar surface area (TPSA) is 63.1 Å². The summed E-state index contributed by atoms with van der Waals surface area (Å²) in [6.45, 7) is 3.84. The standard InChI is InChI=1S/C8H15N5O/c1-3-12(2)8(14)9-4-6-13-7-5-10-11-13/h5,7H,3-4,6H2,1-2H3,(H,9,14). The Bertz CT molecular complexity index is 271. The van der Waals surface area contributed by atoms with Crippen molar-refractivity contribution in [3.8, 4) is 0 Å². The van der Waals surface area contributed by atoms with Gasteiger partial charge in [0.1, 0.15) is 0 Å². The van der Waals surface area contributed by atoms with Gasteiger partial charge in [0.15, 0.2) is 0 Å². The van der Waals surface area contributed by atoms with E-state index in [1.54, 1.807) is 29.0 Å². The molecule has 0 fully saturated rings. The smallest absolute Gasteiger partial charge is 0.317 e. The molecule has 1 aromatic heterocycles. The number of carbonyl (C=O) groups excluding carboxylic acids is 1. The molecule has 6 heteroatoms. The molecule has 0 spiro atoms. The van der Waals surface area contributed by atoms with Gasteiger partial charge >= 0.3 is 6.03 Å². The van der Waals surface area contributed by atoms with Crippen molar-refractivity contribution < 1.29 is 4.79 Å². The maximum atomic E-state index is 11.3. The number of urea groups is 1. The monoisotopic (exact) mass is 197 g/mol. The molecule has 0 aromatic carbocycles. The number of hydrogen-bond acceptors (Lipinski definition) is 3. The first-order valence-corrected chi connectivity index (χ1v) is 4.57. The van der Waals surface area contributed by atoms with E-state index in [0.29, 0.717) is 19.6 Å². The van der Waals surface area contributed by atoms with E-state index < -0.39 is 0 Å². The summed E-state index contributed by atoms with van der Waals surface area (Å²) in [6.07, 6.45) is 3.37. The van der Waals surface area contributed by atoms with Crippen LogP contribution in [0, 0.1) is 0 Å². The van der Waals surface area contributed by atoms with E-state index >= 15 is 0 Å². The van der Waals surface area contributed by atoms with Crippen LogP contribution >= 0.6 is 0 Å². The van der Waals surface area contributed by atoms with Gasteiger partial charge in [-0.3, -0.25) is 4.68 Å². The fourth-order valence-corrected chi connectivity index (χ4v) is 0.908. The maximum Gasteiger partial charge on any atom is 0.317 e. The van der Waals surface area contributed by atoms with Crippen molar-refractivity contribution in [2.75, 3.05) is 20.1 Å². The number of hydrogen-bond donors (Lipinski definition) is 1. The Morgan fingerprint density at radius 1 is 1.64 bits per heavy atom. The fraction of sp³-hybridized carbons (Fsp3) is 0.625. The van der Waals surface area contributed by atoms with E-state index in [0.717, 1.165) is 0 Å². The number of carbonyl (C=O) groups is 1. The zero-order valence-corrected chi connectivity index (χ0v) is 8.47. The van der Waals surface area contributed by atoms with Crippen molar-refractivity contribution in [1.29, 1.82) is 0 Å². The molecule has 6 nitrogen and oxygen atoms in total. The number of nitrogens with zero attached hydrogens (tertiary/aromatic N) is 4. The highest BCUT2D eigenvalue weighted by molar-refractivity contribution is 5.73. The maximum absolute atomic E-state index is 11.3. The van der Waals surface area contributed by atoms with E-state index in [1.807, 2.05) is 6.92 Å². The average molecular weight is 197 g/mol. The lowest BCUT2D eigenvalue weighted by atomic mass is 10.6. The Kier molecular flexibility index (Phi) is 3.90. The minimum atomic E-state index is -0.0624. The summed E-state index contributed by atoms with van der Waals surface area (Å²) < 4.78 is 1.67. The van der Waals surface area contributed by atoms with Gasteiger partial charge in [-0.15, -0.1) is 5.10 Å². The van der Waals surface area contributed by atoms with Gasteiger partial charge < -0.3 is 10.2 Å². The van der Waals surface area contributed by atoms with Crippen LogP contribution in [0.15, 0.2) is 12.4 Å². The number of rotatable bonds is 4. The number of amides is 2. The van der Waals surface area contributed by atoms with E-state index in [2.05, 4.69) is 15.6 Å². The molecule has 1 N–H and O–H groups in total. The van der Waals surface area contributed by atoms with Crippen LogP contribution in [0.4, 0.5) is 4.79 Å². The minimum Gasteiger partial charge on any atom is -0.336 e. The van der Waals surface area contributed by atoms with Crippen molar-refractivity contribution in [1.82, 2.24) is 25.2 Å².